The van der Waals surface area contributed by atoms with E-state index >= 15 is 0 Å². The summed E-state index contributed by atoms with van der Waals surface area (Å²) in [6.07, 6.45) is 2.46. The van der Waals surface area contributed by atoms with Crippen molar-refractivity contribution >= 4 is 14.7 Å². The van der Waals surface area contributed by atoms with Crippen LogP contribution in [0.25, 0.3) is 0 Å². The summed E-state index contributed by atoms with van der Waals surface area (Å²) in [5.41, 5.74) is 0.262. The first-order valence-electron chi connectivity index (χ1n) is 8.82. The summed E-state index contributed by atoms with van der Waals surface area (Å²) >= 11 is 0. The summed E-state index contributed by atoms with van der Waals surface area (Å²) in [4.78, 5) is 0. The second-order valence-electron chi connectivity index (χ2n) is 9.92. The zero-order chi connectivity index (χ0) is 17.8. The lowest BCUT2D eigenvalue weighted by atomic mass is 10.1. The largest absolute Gasteiger partial charge is 0.276 e. The van der Waals surface area contributed by atoms with Crippen molar-refractivity contribution in [2.24, 2.45) is 4.74 Å². The molecule has 0 aromatic heterocycles. The highest BCUT2D eigenvalue weighted by molar-refractivity contribution is 8.47. The average molecular weight is 346 g/mol. The fourth-order valence-corrected chi connectivity index (χ4v) is 20.1. The maximum atomic E-state index is 5.60. The molecule has 1 aliphatic rings. The first kappa shape index (κ1) is 20.7. The standard InChI is InChI=1S/C18H40N2P2/c1-13-17(9,10)21-20(16(6,7)8)22(21,18(11,12)14-2)19-15(3,4)5/h13-14H2,1-12H3. The van der Waals surface area contributed by atoms with Crippen LogP contribution in [0.15, 0.2) is 4.74 Å². The Hall–Kier alpha value is 0.620. The molecule has 3 unspecified atom stereocenters. The quantitative estimate of drug-likeness (QED) is 0.376. The lowest BCUT2D eigenvalue weighted by molar-refractivity contribution is 0.400. The van der Waals surface area contributed by atoms with Crippen LogP contribution >= 0.6 is 14.7 Å². The maximum absolute atomic E-state index is 5.60. The second-order valence-corrected chi connectivity index (χ2v) is 18.2. The third-order valence-electron chi connectivity index (χ3n) is 4.80. The van der Waals surface area contributed by atoms with Crippen molar-refractivity contribution in [1.82, 2.24) is 4.44 Å². The van der Waals surface area contributed by atoms with Gasteiger partial charge in [0.05, 0.1) is 12.4 Å². The molecule has 0 aromatic rings. The van der Waals surface area contributed by atoms with Crippen LogP contribution in [0.5, 0.6) is 0 Å². The molecule has 2 nitrogen and oxygen atoms in total. The molecule has 0 aliphatic carbocycles. The molecule has 0 N–H and O–H groups in total. The lowest BCUT2D eigenvalue weighted by Crippen LogP contribution is -2.28. The van der Waals surface area contributed by atoms with Crippen molar-refractivity contribution in [3.05, 3.63) is 0 Å². The van der Waals surface area contributed by atoms with Gasteiger partial charge in [0.25, 0.3) is 0 Å². The minimum absolute atomic E-state index is 0.0463. The fourth-order valence-electron chi connectivity index (χ4n) is 3.03. The van der Waals surface area contributed by atoms with E-state index in [4.69, 9.17) is 4.74 Å². The maximum Gasteiger partial charge on any atom is 0.0787 e. The predicted molar refractivity (Wildman–Crippen MR) is 106 cm³/mol. The minimum atomic E-state index is -1.47. The van der Waals surface area contributed by atoms with Gasteiger partial charge in [-0.15, -0.1) is 0 Å². The van der Waals surface area contributed by atoms with Crippen LogP contribution in [0.2, 0.25) is 0 Å². The van der Waals surface area contributed by atoms with Gasteiger partial charge in [0.15, 0.2) is 0 Å². The Labute approximate surface area is 141 Å². The SMILES string of the molecule is CCC(C)(C)P1N(C(C)(C)C)P1(=NC(C)(C)C)C(C)(C)CC. The molecule has 0 saturated carbocycles. The van der Waals surface area contributed by atoms with Gasteiger partial charge >= 0.3 is 0 Å². The van der Waals surface area contributed by atoms with E-state index in [1.165, 1.54) is 12.8 Å². The predicted octanol–water partition coefficient (Wildman–Crippen LogP) is 7.70. The molecular formula is C18H40N2P2. The van der Waals surface area contributed by atoms with Gasteiger partial charge in [0, 0.05) is 23.6 Å². The van der Waals surface area contributed by atoms with Crippen molar-refractivity contribution in [2.75, 3.05) is 0 Å². The van der Waals surface area contributed by atoms with Crippen LogP contribution in [-0.4, -0.2) is 25.8 Å². The Morgan fingerprint density at radius 2 is 1.27 bits per heavy atom. The molecule has 0 amide bonds. The number of hydrogen-bond donors (Lipinski definition) is 0. The first-order valence-corrected chi connectivity index (χ1v) is 12.5. The molecule has 1 saturated heterocycles. The molecule has 4 heteroatoms. The highest BCUT2D eigenvalue weighted by Crippen LogP contribution is 3.10. The van der Waals surface area contributed by atoms with Gasteiger partial charge in [-0.1, -0.05) is 41.5 Å². The van der Waals surface area contributed by atoms with Gasteiger partial charge < -0.3 is 0 Å². The Kier molecular flexibility index (Phi) is 5.50. The van der Waals surface area contributed by atoms with E-state index < -0.39 is 6.89 Å². The first-order chi connectivity index (χ1) is 9.57. The van der Waals surface area contributed by atoms with Crippen molar-refractivity contribution in [2.45, 2.75) is 117 Å². The molecule has 0 bridgehead atoms. The second kappa shape index (κ2) is 5.86. The zero-order valence-electron chi connectivity index (χ0n) is 17.2. The molecule has 0 radical (unpaired) electrons. The minimum Gasteiger partial charge on any atom is -0.276 e. The fraction of sp³-hybridized carbons (Fsp3) is 1.00. The normalized spacial score (nSPS) is 30.4. The van der Waals surface area contributed by atoms with Gasteiger partial charge in [-0.3, -0.25) is 4.74 Å². The summed E-state index contributed by atoms with van der Waals surface area (Å²) in [6.45, 7) is 27.2. The van der Waals surface area contributed by atoms with Crippen LogP contribution in [0, 0.1) is 0 Å². The van der Waals surface area contributed by atoms with Crippen LogP contribution in [0.4, 0.5) is 0 Å². The molecule has 22 heavy (non-hydrogen) atoms. The third-order valence-corrected chi connectivity index (χ3v) is 18.3. The molecular weight excluding hydrogens is 306 g/mol. The van der Waals surface area contributed by atoms with E-state index in [0.29, 0.717) is 10.3 Å². The number of rotatable bonds is 4. The van der Waals surface area contributed by atoms with E-state index in [2.05, 4.69) is 87.5 Å². The van der Waals surface area contributed by atoms with Crippen LogP contribution in [0.3, 0.4) is 0 Å². The number of nitrogens with zero attached hydrogens (tertiary/aromatic N) is 2. The van der Waals surface area contributed by atoms with Crippen LogP contribution in [0.1, 0.15) is 95.9 Å². The van der Waals surface area contributed by atoms with Gasteiger partial charge in [0.2, 0.25) is 0 Å². The van der Waals surface area contributed by atoms with E-state index in [-0.39, 0.29) is 18.8 Å². The Bertz CT molecular complexity index is 464. The summed E-state index contributed by atoms with van der Waals surface area (Å²) in [6, 6.07) is 0. The van der Waals surface area contributed by atoms with Crippen molar-refractivity contribution in [1.29, 1.82) is 0 Å². The molecule has 3 atom stereocenters. The molecule has 1 aliphatic heterocycles. The Balaban J connectivity index is 3.66. The molecule has 1 fully saturated rings. The van der Waals surface area contributed by atoms with Crippen molar-refractivity contribution < 1.29 is 0 Å². The molecule has 1 rings (SSSR count). The number of hydrogen-bond acceptors (Lipinski definition) is 1. The zero-order valence-corrected chi connectivity index (χ0v) is 19.0. The van der Waals surface area contributed by atoms with E-state index in [1.54, 1.807) is 0 Å². The van der Waals surface area contributed by atoms with Crippen molar-refractivity contribution in [3.8, 4) is 0 Å². The highest BCUT2D eigenvalue weighted by Gasteiger charge is 2.70. The van der Waals surface area contributed by atoms with Gasteiger partial charge in [-0.2, -0.15) is 0 Å². The lowest BCUT2D eigenvalue weighted by Gasteiger charge is -2.34. The Morgan fingerprint density at radius 1 is 0.818 bits per heavy atom. The summed E-state index contributed by atoms with van der Waals surface area (Å²) < 4.78 is 8.49. The van der Waals surface area contributed by atoms with Crippen LogP contribution < -0.4 is 0 Å². The van der Waals surface area contributed by atoms with Gasteiger partial charge in [-0.25, -0.2) is 4.44 Å². The highest BCUT2D eigenvalue weighted by atomic mass is 32.1. The summed E-state index contributed by atoms with van der Waals surface area (Å²) in [5.74, 6) is 0. The third kappa shape index (κ3) is 3.50. The van der Waals surface area contributed by atoms with Crippen LogP contribution in [-0.2, 0) is 0 Å². The molecule has 132 valence electrons. The van der Waals surface area contributed by atoms with Crippen molar-refractivity contribution in [3.63, 3.8) is 0 Å². The van der Waals surface area contributed by atoms with Gasteiger partial charge in [0.1, 0.15) is 0 Å². The molecule has 0 aromatic carbocycles. The summed E-state index contributed by atoms with van der Waals surface area (Å²) in [5, 5.41) is 0.698. The monoisotopic (exact) mass is 346 g/mol. The summed E-state index contributed by atoms with van der Waals surface area (Å²) in [7, 11) is -0.173. The van der Waals surface area contributed by atoms with E-state index in [0.717, 1.165) is 0 Å². The molecule has 1 heterocycles. The van der Waals surface area contributed by atoms with E-state index in [1.807, 2.05) is 0 Å². The van der Waals surface area contributed by atoms with E-state index in [9.17, 15) is 0 Å². The topological polar surface area (TPSA) is 15.4 Å². The van der Waals surface area contributed by atoms with Gasteiger partial charge in [-0.05, 0) is 54.4 Å². The smallest absolute Gasteiger partial charge is 0.0787 e. The molecule has 0 spiro atoms. The Morgan fingerprint density at radius 3 is 1.55 bits per heavy atom. The average Bonchev–Trinajstić information content (AvgIpc) is 2.98.